The van der Waals surface area contributed by atoms with Crippen molar-refractivity contribution >= 4 is 5.97 Å². The molecular formula is C17H18FNO2. The van der Waals surface area contributed by atoms with Crippen molar-refractivity contribution in [3.05, 3.63) is 42.2 Å². The summed E-state index contributed by atoms with van der Waals surface area (Å²) in [4.78, 5) is 12.1. The van der Waals surface area contributed by atoms with Gasteiger partial charge in [0.05, 0.1) is 11.5 Å². The van der Waals surface area contributed by atoms with E-state index in [1.807, 2.05) is 6.08 Å². The van der Waals surface area contributed by atoms with Crippen molar-refractivity contribution in [2.24, 2.45) is 11.8 Å². The molecule has 0 aromatic heterocycles. The van der Waals surface area contributed by atoms with Crippen LogP contribution >= 0.6 is 0 Å². The number of ether oxygens (including phenoxy) is 1. The van der Waals surface area contributed by atoms with Crippen LogP contribution in [0.2, 0.25) is 0 Å². The Hall–Kier alpha value is -2.15. The second-order valence-electron chi connectivity index (χ2n) is 5.42. The number of esters is 1. The Labute approximate surface area is 124 Å². The number of hydrogen-bond donors (Lipinski definition) is 0. The van der Waals surface area contributed by atoms with Gasteiger partial charge in [-0.05, 0) is 50.2 Å². The van der Waals surface area contributed by atoms with E-state index in [9.17, 15) is 9.18 Å². The van der Waals surface area contributed by atoms with Crippen molar-refractivity contribution < 1.29 is 13.9 Å². The largest absolute Gasteiger partial charge is 0.426 e. The maximum Gasteiger partial charge on any atom is 0.314 e. The molecule has 1 aliphatic carbocycles. The summed E-state index contributed by atoms with van der Waals surface area (Å²) in [5.41, 5.74) is -0.0558. The number of allylic oxidation sites excluding steroid dienone is 1. The fourth-order valence-electron chi connectivity index (χ4n) is 2.72. The highest BCUT2D eigenvalue weighted by Crippen LogP contribution is 2.32. The van der Waals surface area contributed by atoms with E-state index in [0.717, 1.165) is 38.2 Å². The summed E-state index contributed by atoms with van der Waals surface area (Å²) in [6.07, 6.45) is 6.50. The molecule has 1 saturated carbocycles. The van der Waals surface area contributed by atoms with Gasteiger partial charge in [0.2, 0.25) is 0 Å². The fraction of sp³-hybridized carbons (Fsp3) is 0.412. The summed E-state index contributed by atoms with van der Waals surface area (Å²) < 4.78 is 18.7. The summed E-state index contributed by atoms with van der Waals surface area (Å²) in [5, 5.41) is 8.66. The Kier molecular flexibility index (Phi) is 5.10. The molecule has 21 heavy (non-hydrogen) atoms. The molecular weight excluding hydrogens is 269 g/mol. The number of rotatable bonds is 4. The molecule has 0 saturated heterocycles. The zero-order chi connectivity index (χ0) is 15.2. The Bertz CT molecular complexity index is 569. The third kappa shape index (κ3) is 3.91. The zero-order valence-electron chi connectivity index (χ0n) is 11.8. The smallest absolute Gasteiger partial charge is 0.314 e. The van der Waals surface area contributed by atoms with E-state index >= 15 is 0 Å². The Morgan fingerprint density at radius 1 is 1.43 bits per heavy atom. The van der Waals surface area contributed by atoms with E-state index in [4.69, 9.17) is 10.00 Å². The standard InChI is InChI=1S/C17H18FNO2/c1-2-3-12-4-6-13(7-5-12)17(20)21-15-9-8-14(11-19)16(18)10-15/h2,8-10,12-13H,1,3-7H2. The van der Waals surface area contributed by atoms with E-state index in [1.54, 1.807) is 6.07 Å². The Morgan fingerprint density at radius 2 is 2.14 bits per heavy atom. The van der Waals surface area contributed by atoms with Crippen molar-refractivity contribution in [2.75, 3.05) is 0 Å². The van der Waals surface area contributed by atoms with Crippen molar-refractivity contribution in [2.45, 2.75) is 32.1 Å². The van der Waals surface area contributed by atoms with E-state index in [0.29, 0.717) is 5.92 Å². The van der Waals surface area contributed by atoms with Crippen molar-refractivity contribution in [3.63, 3.8) is 0 Å². The first-order valence-corrected chi connectivity index (χ1v) is 7.16. The Balaban J connectivity index is 1.92. The van der Waals surface area contributed by atoms with Crippen LogP contribution in [0.15, 0.2) is 30.9 Å². The molecule has 0 atom stereocenters. The minimum absolute atomic E-state index is 0.0558. The van der Waals surface area contributed by atoms with Crippen LogP contribution in [0, 0.1) is 29.0 Å². The van der Waals surface area contributed by atoms with Gasteiger partial charge in [-0.1, -0.05) is 6.08 Å². The number of nitriles is 1. The molecule has 110 valence electrons. The number of benzene rings is 1. The molecule has 0 N–H and O–H groups in total. The van der Waals surface area contributed by atoms with Gasteiger partial charge < -0.3 is 4.74 Å². The predicted octanol–water partition coefficient (Wildman–Crippen LogP) is 3.99. The van der Waals surface area contributed by atoms with Crippen LogP contribution in [-0.4, -0.2) is 5.97 Å². The molecule has 0 heterocycles. The lowest BCUT2D eigenvalue weighted by molar-refractivity contribution is -0.140. The van der Waals surface area contributed by atoms with Gasteiger partial charge in [-0.15, -0.1) is 6.58 Å². The average Bonchev–Trinajstić information content (AvgIpc) is 2.48. The molecule has 0 unspecified atom stereocenters. The van der Waals surface area contributed by atoms with Crippen molar-refractivity contribution in [1.29, 1.82) is 5.26 Å². The highest BCUT2D eigenvalue weighted by Gasteiger charge is 2.27. The molecule has 1 aromatic rings. The maximum absolute atomic E-state index is 13.5. The van der Waals surface area contributed by atoms with Crippen LogP contribution in [0.4, 0.5) is 4.39 Å². The second kappa shape index (κ2) is 7.03. The molecule has 0 bridgehead atoms. The predicted molar refractivity (Wildman–Crippen MR) is 77.0 cm³/mol. The number of carbonyl (C=O) groups is 1. The molecule has 1 fully saturated rings. The van der Waals surface area contributed by atoms with Gasteiger partial charge in [-0.3, -0.25) is 4.79 Å². The van der Waals surface area contributed by atoms with Gasteiger partial charge in [0, 0.05) is 6.07 Å². The molecule has 0 radical (unpaired) electrons. The summed E-state index contributed by atoms with van der Waals surface area (Å²) >= 11 is 0. The lowest BCUT2D eigenvalue weighted by atomic mass is 9.80. The summed E-state index contributed by atoms with van der Waals surface area (Å²) in [5.74, 6) is -0.331. The van der Waals surface area contributed by atoms with Gasteiger partial charge in [-0.2, -0.15) is 5.26 Å². The van der Waals surface area contributed by atoms with Crippen molar-refractivity contribution in [1.82, 2.24) is 0 Å². The number of halogens is 1. The molecule has 1 aromatic carbocycles. The molecule has 0 amide bonds. The quantitative estimate of drug-likeness (QED) is 0.478. The minimum Gasteiger partial charge on any atom is -0.426 e. The van der Waals surface area contributed by atoms with Gasteiger partial charge >= 0.3 is 5.97 Å². The third-order valence-corrected chi connectivity index (χ3v) is 3.96. The maximum atomic E-state index is 13.5. The van der Waals surface area contributed by atoms with Crippen LogP contribution in [-0.2, 0) is 4.79 Å². The van der Waals surface area contributed by atoms with Crippen LogP contribution in [0.5, 0.6) is 5.75 Å². The van der Waals surface area contributed by atoms with Gasteiger partial charge in [0.25, 0.3) is 0 Å². The van der Waals surface area contributed by atoms with E-state index < -0.39 is 5.82 Å². The molecule has 1 aliphatic rings. The lowest BCUT2D eigenvalue weighted by Crippen LogP contribution is -2.25. The topological polar surface area (TPSA) is 50.1 Å². The fourth-order valence-corrected chi connectivity index (χ4v) is 2.72. The van der Waals surface area contributed by atoms with Crippen LogP contribution in [0.3, 0.4) is 0 Å². The SMILES string of the molecule is C=CCC1CCC(C(=O)Oc2ccc(C#N)c(F)c2)CC1. The van der Waals surface area contributed by atoms with Crippen LogP contribution in [0.1, 0.15) is 37.7 Å². The third-order valence-electron chi connectivity index (χ3n) is 3.96. The second-order valence-corrected chi connectivity index (χ2v) is 5.42. The zero-order valence-corrected chi connectivity index (χ0v) is 11.8. The number of hydrogen-bond acceptors (Lipinski definition) is 3. The van der Waals surface area contributed by atoms with Crippen molar-refractivity contribution in [3.8, 4) is 11.8 Å². The first-order valence-electron chi connectivity index (χ1n) is 7.16. The Morgan fingerprint density at radius 3 is 2.71 bits per heavy atom. The van der Waals surface area contributed by atoms with Crippen LogP contribution < -0.4 is 4.74 Å². The summed E-state index contributed by atoms with van der Waals surface area (Å²) in [6, 6.07) is 5.58. The summed E-state index contributed by atoms with van der Waals surface area (Å²) in [7, 11) is 0. The van der Waals surface area contributed by atoms with Gasteiger partial charge in [0.1, 0.15) is 17.6 Å². The normalized spacial score (nSPS) is 21.3. The molecule has 4 heteroatoms. The molecule has 2 rings (SSSR count). The molecule has 3 nitrogen and oxygen atoms in total. The molecule has 0 spiro atoms. The number of carbonyl (C=O) groups excluding carboxylic acids is 1. The highest BCUT2D eigenvalue weighted by atomic mass is 19.1. The first-order chi connectivity index (χ1) is 10.1. The van der Waals surface area contributed by atoms with Crippen LogP contribution in [0.25, 0.3) is 0 Å². The summed E-state index contributed by atoms with van der Waals surface area (Å²) in [6.45, 7) is 3.74. The average molecular weight is 287 g/mol. The van der Waals surface area contributed by atoms with Gasteiger partial charge in [0.15, 0.2) is 0 Å². The number of nitrogens with zero attached hydrogens (tertiary/aromatic N) is 1. The van der Waals surface area contributed by atoms with E-state index in [-0.39, 0.29) is 23.2 Å². The van der Waals surface area contributed by atoms with E-state index in [1.165, 1.54) is 12.1 Å². The minimum atomic E-state index is -0.669. The first kappa shape index (κ1) is 15.2. The monoisotopic (exact) mass is 287 g/mol. The van der Waals surface area contributed by atoms with Gasteiger partial charge in [-0.25, -0.2) is 4.39 Å². The highest BCUT2D eigenvalue weighted by molar-refractivity contribution is 5.75. The van der Waals surface area contributed by atoms with E-state index in [2.05, 4.69) is 6.58 Å². The lowest BCUT2D eigenvalue weighted by Gasteiger charge is -2.26. The molecule has 0 aliphatic heterocycles.